The Morgan fingerprint density at radius 3 is 2.72 bits per heavy atom. The number of nitrogens with zero attached hydrogens (tertiary/aromatic N) is 4. The highest BCUT2D eigenvalue weighted by atomic mass is 16.4. The van der Waals surface area contributed by atoms with Crippen LogP contribution in [0.3, 0.4) is 0 Å². The molecule has 1 atom stereocenters. The Kier molecular flexibility index (Phi) is 3.17. The van der Waals surface area contributed by atoms with E-state index in [9.17, 15) is 9.59 Å². The number of rotatable bonds is 3. The third kappa shape index (κ3) is 2.27. The molecule has 0 aromatic carbocycles. The van der Waals surface area contributed by atoms with Crippen LogP contribution in [0.2, 0.25) is 0 Å². The molecule has 1 saturated heterocycles. The van der Waals surface area contributed by atoms with Crippen LogP contribution in [-0.2, 0) is 11.8 Å². The van der Waals surface area contributed by atoms with Gasteiger partial charge in [-0.25, -0.2) is 4.79 Å². The Bertz CT molecular complexity index is 466. The van der Waals surface area contributed by atoms with Crippen LogP contribution in [-0.4, -0.2) is 49.9 Å². The summed E-state index contributed by atoms with van der Waals surface area (Å²) in [6.45, 7) is 2.32. The molecule has 98 valence electrons. The number of carboxylic acids is 1. The number of nitrogens with one attached hydrogen (secondary N) is 1. The molecule has 0 aliphatic carbocycles. The third-order valence-electron chi connectivity index (χ3n) is 2.99. The monoisotopic (exact) mass is 253 g/mol. The molecular weight excluding hydrogens is 238 g/mol. The molecule has 8 heteroatoms. The number of hydrogen-bond acceptors (Lipinski definition) is 4. The van der Waals surface area contributed by atoms with E-state index in [4.69, 9.17) is 5.11 Å². The van der Waals surface area contributed by atoms with Gasteiger partial charge in [0.05, 0.1) is 12.0 Å². The summed E-state index contributed by atoms with van der Waals surface area (Å²) in [6, 6.07) is -0.545. The first-order valence-corrected chi connectivity index (χ1v) is 5.61. The quantitative estimate of drug-likeness (QED) is 0.763. The largest absolute Gasteiger partial charge is 0.481 e. The number of amides is 2. The van der Waals surface area contributed by atoms with E-state index in [1.54, 1.807) is 24.9 Å². The fourth-order valence-electron chi connectivity index (χ4n) is 1.83. The van der Waals surface area contributed by atoms with Crippen molar-refractivity contribution in [2.75, 3.05) is 13.1 Å². The number of aliphatic carboxylic acids is 1. The van der Waals surface area contributed by atoms with Crippen molar-refractivity contribution in [1.29, 1.82) is 0 Å². The van der Waals surface area contributed by atoms with E-state index in [1.807, 2.05) is 0 Å². The molecule has 1 aromatic heterocycles. The Labute approximate surface area is 104 Å². The molecular formula is C10H15N5O3. The molecule has 1 fully saturated rings. The molecule has 8 nitrogen and oxygen atoms in total. The Hall–Kier alpha value is -2.12. The van der Waals surface area contributed by atoms with Gasteiger partial charge in [0.25, 0.3) is 0 Å². The first-order chi connectivity index (χ1) is 8.49. The van der Waals surface area contributed by atoms with Crippen molar-refractivity contribution >= 4 is 12.0 Å². The summed E-state index contributed by atoms with van der Waals surface area (Å²) < 4.78 is 1.72. The van der Waals surface area contributed by atoms with Crippen LogP contribution in [0.25, 0.3) is 0 Å². The second-order valence-corrected chi connectivity index (χ2v) is 4.41. The maximum Gasteiger partial charge on any atom is 0.318 e. The lowest BCUT2D eigenvalue weighted by atomic mass is 10.0. The lowest BCUT2D eigenvalue weighted by molar-refractivity contribution is -0.146. The number of urea groups is 1. The number of aromatic nitrogens is 3. The van der Waals surface area contributed by atoms with E-state index >= 15 is 0 Å². The lowest BCUT2D eigenvalue weighted by Gasteiger charge is -2.37. The maximum atomic E-state index is 11.8. The maximum absolute atomic E-state index is 11.8. The Morgan fingerprint density at radius 1 is 1.56 bits per heavy atom. The standard InChI is InChI=1S/C10H15N5O3/c1-6(8-13-11-5-14(8)2)12-10(18)15-3-7(4-15)9(16)17/h5-7H,3-4H2,1-2H3,(H,12,18)(H,16,17). The van der Waals surface area contributed by atoms with Crippen LogP contribution in [0.1, 0.15) is 18.8 Å². The molecule has 0 bridgehead atoms. The first-order valence-electron chi connectivity index (χ1n) is 5.61. The fraction of sp³-hybridized carbons (Fsp3) is 0.600. The summed E-state index contributed by atoms with van der Waals surface area (Å²) in [7, 11) is 1.79. The van der Waals surface area contributed by atoms with Crippen molar-refractivity contribution in [3.63, 3.8) is 0 Å². The summed E-state index contributed by atoms with van der Waals surface area (Å²) in [6.07, 6.45) is 1.56. The summed E-state index contributed by atoms with van der Waals surface area (Å²) in [5.41, 5.74) is 0. The van der Waals surface area contributed by atoms with Crippen molar-refractivity contribution < 1.29 is 14.7 Å². The molecule has 1 aliphatic heterocycles. The summed E-state index contributed by atoms with van der Waals surface area (Å²) in [4.78, 5) is 23.9. The van der Waals surface area contributed by atoms with Crippen molar-refractivity contribution in [1.82, 2.24) is 25.0 Å². The molecule has 0 saturated carbocycles. The van der Waals surface area contributed by atoms with Crippen LogP contribution >= 0.6 is 0 Å². The van der Waals surface area contributed by atoms with E-state index in [1.165, 1.54) is 4.90 Å². The van der Waals surface area contributed by atoms with Gasteiger partial charge in [0.2, 0.25) is 0 Å². The van der Waals surface area contributed by atoms with E-state index in [2.05, 4.69) is 15.5 Å². The van der Waals surface area contributed by atoms with Gasteiger partial charge in [-0.2, -0.15) is 0 Å². The average Bonchev–Trinajstić information content (AvgIpc) is 2.61. The van der Waals surface area contributed by atoms with E-state index in [0.717, 1.165) is 0 Å². The zero-order chi connectivity index (χ0) is 13.3. The van der Waals surface area contributed by atoms with Gasteiger partial charge in [-0.05, 0) is 6.92 Å². The number of carboxylic acid groups (broad SMARTS) is 1. The Balaban J connectivity index is 1.86. The SMILES string of the molecule is CC(NC(=O)N1CC(C(=O)O)C1)c1nncn1C. The van der Waals surface area contributed by atoms with Crippen LogP contribution in [0.15, 0.2) is 6.33 Å². The number of likely N-dealkylation sites (tertiary alicyclic amines) is 1. The van der Waals surface area contributed by atoms with E-state index < -0.39 is 11.9 Å². The zero-order valence-corrected chi connectivity index (χ0v) is 10.2. The summed E-state index contributed by atoms with van der Waals surface area (Å²) in [5, 5.41) is 19.1. The number of carbonyl (C=O) groups excluding carboxylic acids is 1. The van der Waals surface area contributed by atoms with Crippen molar-refractivity contribution in [3.05, 3.63) is 12.2 Å². The number of carbonyl (C=O) groups is 2. The molecule has 2 heterocycles. The molecule has 0 radical (unpaired) electrons. The molecule has 0 spiro atoms. The van der Waals surface area contributed by atoms with Crippen LogP contribution in [0, 0.1) is 5.92 Å². The van der Waals surface area contributed by atoms with Crippen LogP contribution in [0.5, 0.6) is 0 Å². The zero-order valence-electron chi connectivity index (χ0n) is 10.2. The highest BCUT2D eigenvalue weighted by Crippen LogP contribution is 2.17. The average molecular weight is 253 g/mol. The molecule has 18 heavy (non-hydrogen) atoms. The summed E-state index contributed by atoms with van der Waals surface area (Å²) >= 11 is 0. The number of hydrogen-bond donors (Lipinski definition) is 2. The minimum absolute atomic E-state index is 0.257. The van der Waals surface area contributed by atoms with Gasteiger partial charge < -0.3 is 19.9 Å². The van der Waals surface area contributed by atoms with Crippen LogP contribution in [0.4, 0.5) is 4.79 Å². The smallest absolute Gasteiger partial charge is 0.318 e. The Morgan fingerprint density at radius 2 is 2.22 bits per heavy atom. The van der Waals surface area contributed by atoms with Crippen molar-refractivity contribution in [2.45, 2.75) is 13.0 Å². The summed E-state index contributed by atoms with van der Waals surface area (Å²) in [5.74, 6) is -0.653. The van der Waals surface area contributed by atoms with E-state index in [-0.39, 0.29) is 25.2 Å². The van der Waals surface area contributed by atoms with Gasteiger partial charge in [-0.1, -0.05) is 0 Å². The highest BCUT2D eigenvalue weighted by Gasteiger charge is 2.36. The van der Waals surface area contributed by atoms with Gasteiger partial charge in [0.1, 0.15) is 6.33 Å². The molecule has 2 N–H and O–H groups in total. The van der Waals surface area contributed by atoms with Gasteiger partial charge in [0.15, 0.2) is 5.82 Å². The highest BCUT2D eigenvalue weighted by molar-refractivity contribution is 5.79. The van der Waals surface area contributed by atoms with Crippen LogP contribution < -0.4 is 5.32 Å². The lowest BCUT2D eigenvalue weighted by Crippen LogP contribution is -2.56. The molecule has 2 rings (SSSR count). The third-order valence-corrected chi connectivity index (χ3v) is 2.99. The molecule has 1 unspecified atom stereocenters. The molecule has 1 aliphatic rings. The van der Waals surface area contributed by atoms with Gasteiger partial charge in [0, 0.05) is 20.1 Å². The topological polar surface area (TPSA) is 100 Å². The molecule has 1 aromatic rings. The van der Waals surface area contributed by atoms with Crippen molar-refractivity contribution in [2.24, 2.45) is 13.0 Å². The normalized spacial score (nSPS) is 17.1. The van der Waals surface area contributed by atoms with Gasteiger partial charge >= 0.3 is 12.0 Å². The van der Waals surface area contributed by atoms with Gasteiger partial charge in [-0.3, -0.25) is 4.79 Å². The predicted octanol–water partition coefficient (Wildman–Crippen LogP) is -0.398. The van der Waals surface area contributed by atoms with E-state index in [0.29, 0.717) is 5.82 Å². The minimum atomic E-state index is -0.861. The fourth-order valence-corrected chi connectivity index (χ4v) is 1.83. The predicted molar refractivity (Wildman–Crippen MR) is 60.6 cm³/mol. The van der Waals surface area contributed by atoms with Gasteiger partial charge in [-0.15, -0.1) is 10.2 Å². The first kappa shape index (κ1) is 12.3. The second kappa shape index (κ2) is 4.63. The number of aryl methyl sites for hydroxylation is 1. The minimum Gasteiger partial charge on any atom is -0.481 e. The molecule has 2 amide bonds. The second-order valence-electron chi connectivity index (χ2n) is 4.41. The van der Waals surface area contributed by atoms with Crippen molar-refractivity contribution in [3.8, 4) is 0 Å².